The van der Waals surface area contributed by atoms with Crippen LogP contribution in [-0.2, 0) is 5.92 Å². The third-order valence-corrected chi connectivity index (χ3v) is 3.17. The number of hydrazone groups is 1. The molecule has 0 radical (unpaired) electrons. The predicted molar refractivity (Wildman–Crippen MR) is 80.6 cm³/mol. The lowest BCUT2D eigenvalue weighted by molar-refractivity contribution is 0.0174. The zero-order valence-electron chi connectivity index (χ0n) is 12.6. The number of hydrogen-bond donors (Lipinski definition) is 2. The van der Waals surface area contributed by atoms with Crippen LogP contribution in [0.25, 0.3) is 0 Å². The first-order valence-electron chi connectivity index (χ1n) is 6.66. The molecule has 1 aromatic carbocycles. The van der Waals surface area contributed by atoms with Gasteiger partial charge in [-0.1, -0.05) is 24.3 Å². The van der Waals surface area contributed by atoms with Crippen molar-refractivity contribution in [3.05, 3.63) is 35.4 Å². The van der Waals surface area contributed by atoms with Gasteiger partial charge >= 0.3 is 0 Å². The number of halogens is 2. The first kappa shape index (κ1) is 17.3. The van der Waals surface area contributed by atoms with E-state index in [0.29, 0.717) is 6.42 Å². The summed E-state index contributed by atoms with van der Waals surface area (Å²) in [5.41, 5.74) is 6.05. The minimum atomic E-state index is -2.85. The molecule has 0 aliphatic rings. The third kappa shape index (κ3) is 5.28. The van der Waals surface area contributed by atoms with Gasteiger partial charge in [-0.05, 0) is 32.6 Å². The Hall–Kier alpha value is -1.73. The Bertz CT molecular complexity index is 453. The number of alkyl halides is 2. The Morgan fingerprint density at radius 3 is 2.29 bits per heavy atom. The summed E-state index contributed by atoms with van der Waals surface area (Å²) in [4.78, 5) is 2.02. The molecule has 0 heterocycles. The van der Waals surface area contributed by atoms with Crippen molar-refractivity contribution in [3.63, 3.8) is 0 Å². The predicted octanol–water partition coefficient (Wildman–Crippen LogP) is 1.87. The Balaban J connectivity index is 2.96. The van der Waals surface area contributed by atoms with Crippen LogP contribution in [0.5, 0.6) is 0 Å². The maximum absolute atomic E-state index is 13.2. The lowest BCUT2D eigenvalue weighted by Crippen LogP contribution is -2.33. The highest BCUT2D eigenvalue weighted by Gasteiger charge is 2.25. The number of nitrogens with zero attached hydrogens (tertiary/aromatic N) is 3. The number of rotatable bonds is 7. The van der Waals surface area contributed by atoms with Gasteiger partial charge in [0.05, 0.1) is 6.04 Å². The van der Waals surface area contributed by atoms with E-state index in [4.69, 9.17) is 11.6 Å². The van der Waals surface area contributed by atoms with E-state index < -0.39 is 5.92 Å². The zero-order chi connectivity index (χ0) is 16.0. The summed E-state index contributed by atoms with van der Waals surface area (Å²) in [6.07, 6.45) is 1.81. The van der Waals surface area contributed by atoms with Crippen LogP contribution in [0.4, 0.5) is 8.78 Å². The SMILES string of the molecule is CN(C)CCC(c1ccc(C(C)(F)F)cc1)N(N)/N=C\N. The van der Waals surface area contributed by atoms with Crippen molar-refractivity contribution in [1.29, 1.82) is 0 Å². The molecule has 118 valence electrons. The molecule has 0 aliphatic carbocycles. The molecule has 0 fully saturated rings. The van der Waals surface area contributed by atoms with Crippen molar-refractivity contribution < 1.29 is 8.78 Å². The van der Waals surface area contributed by atoms with Crippen LogP contribution in [0.15, 0.2) is 29.4 Å². The molecule has 4 N–H and O–H groups in total. The van der Waals surface area contributed by atoms with Gasteiger partial charge in [-0.2, -0.15) is 5.10 Å². The molecule has 0 aliphatic heterocycles. The second-order valence-electron chi connectivity index (χ2n) is 5.26. The molecular weight excluding hydrogens is 276 g/mol. The summed E-state index contributed by atoms with van der Waals surface area (Å²) in [5.74, 6) is 3.01. The van der Waals surface area contributed by atoms with Crippen LogP contribution < -0.4 is 11.6 Å². The van der Waals surface area contributed by atoms with E-state index >= 15 is 0 Å². The first-order chi connectivity index (χ1) is 9.75. The van der Waals surface area contributed by atoms with Gasteiger partial charge in [0.25, 0.3) is 5.92 Å². The van der Waals surface area contributed by atoms with Crippen molar-refractivity contribution in [2.75, 3.05) is 20.6 Å². The molecule has 1 rings (SSSR count). The number of hydrogen-bond acceptors (Lipinski definition) is 4. The van der Waals surface area contributed by atoms with Crippen LogP contribution in [0, 0.1) is 0 Å². The monoisotopic (exact) mass is 299 g/mol. The lowest BCUT2D eigenvalue weighted by atomic mass is 10.0. The lowest BCUT2D eigenvalue weighted by Gasteiger charge is -2.26. The zero-order valence-corrected chi connectivity index (χ0v) is 12.6. The van der Waals surface area contributed by atoms with E-state index in [0.717, 1.165) is 25.4 Å². The first-order valence-corrected chi connectivity index (χ1v) is 6.66. The fraction of sp³-hybridized carbons (Fsp3) is 0.500. The van der Waals surface area contributed by atoms with Crippen LogP contribution in [0.3, 0.4) is 0 Å². The Morgan fingerprint density at radius 2 is 1.86 bits per heavy atom. The van der Waals surface area contributed by atoms with E-state index in [1.165, 1.54) is 17.3 Å². The van der Waals surface area contributed by atoms with E-state index in [-0.39, 0.29) is 11.6 Å². The second-order valence-corrected chi connectivity index (χ2v) is 5.26. The van der Waals surface area contributed by atoms with Gasteiger partial charge < -0.3 is 10.6 Å². The van der Waals surface area contributed by atoms with Gasteiger partial charge in [-0.3, -0.25) is 0 Å². The van der Waals surface area contributed by atoms with Crippen molar-refractivity contribution in [3.8, 4) is 0 Å². The quantitative estimate of drug-likeness (QED) is 0.349. The standard InChI is InChI=1S/C14H23F2N5/c1-14(15,16)12-6-4-11(5-7-12)13(8-9-20(2)3)21(18)19-10-17/h4-7,10,13H,8-9,18H2,1-3H3,(H2,17,19). The minimum Gasteiger partial charge on any atom is -0.388 e. The highest BCUT2D eigenvalue weighted by atomic mass is 19.3. The maximum atomic E-state index is 13.2. The molecule has 5 nitrogen and oxygen atoms in total. The molecular formula is C14H23F2N5. The summed E-state index contributed by atoms with van der Waals surface area (Å²) in [5, 5.41) is 5.10. The molecule has 0 spiro atoms. The van der Waals surface area contributed by atoms with E-state index in [2.05, 4.69) is 5.10 Å². The number of benzene rings is 1. The average Bonchev–Trinajstić information content (AvgIpc) is 2.38. The maximum Gasteiger partial charge on any atom is 0.270 e. The molecule has 0 saturated carbocycles. The van der Waals surface area contributed by atoms with Gasteiger partial charge in [0.2, 0.25) is 0 Å². The van der Waals surface area contributed by atoms with Crippen molar-refractivity contribution in [1.82, 2.24) is 10.0 Å². The van der Waals surface area contributed by atoms with Crippen LogP contribution in [-0.4, -0.2) is 37.0 Å². The molecule has 1 aromatic rings. The topological polar surface area (TPSA) is 70.9 Å². The molecule has 0 saturated heterocycles. The van der Waals surface area contributed by atoms with E-state index in [9.17, 15) is 8.78 Å². The van der Waals surface area contributed by atoms with Crippen LogP contribution in [0.1, 0.15) is 30.5 Å². The number of hydrazine groups is 1. The van der Waals surface area contributed by atoms with Crippen molar-refractivity contribution in [2.24, 2.45) is 16.7 Å². The van der Waals surface area contributed by atoms with E-state index in [1.807, 2.05) is 19.0 Å². The van der Waals surface area contributed by atoms with Crippen LogP contribution >= 0.6 is 0 Å². The molecule has 0 bridgehead atoms. The third-order valence-electron chi connectivity index (χ3n) is 3.17. The largest absolute Gasteiger partial charge is 0.388 e. The molecule has 0 amide bonds. The van der Waals surface area contributed by atoms with Gasteiger partial charge in [-0.15, -0.1) is 0 Å². The summed E-state index contributed by atoms with van der Waals surface area (Å²) in [6.45, 7) is 1.66. The fourth-order valence-electron chi connectivity index (χ4n) is 1.99. The highest BCUT2D eigenvalue weighted by molar-refractivity contribution is 5.50. The van der Waals surface area contributed by atoms with Crippen molar-refractivity contribution in [2.45, 2.75) is 25.3 Å². The molecule has 1 atom stereocenters. The summed E-state index contributed by atoms with van der Waals surface area (Å²) >= 11 is 0. The molecule has 7 heteroatoms. The summed E-state index contributed by atoms with van der Waals surface area (Å²) in [6, 6.07) is 5.90. The van der Waals surface area contributed by atoms with Gasteiger partial charge in [0.1, 0.15) is 6.34 Å². The molecule has 1 unspecified atom stereocenters. The Morgan fingerprint density at radius 1 is 1.29 bits per heavy atom. The second kappa shape index (κ2) is 7.33. The average molecular weight is 299 g/mol. The van der Waals surface area contributed by atoms with Gasteiger partial charge in [-0.25, -0.2) is 19.7 Å². The highest BCUT2D eigenvalue weighted by Crippen LogP contribution is 2.29. The van der Waals surface area contributed by atoms with Crippen molar-refractivity contribution >= 4 is 6.34 Å². The Labute approximate surface area is 124 Å². The smallest absolute Gasteiger partial charge is 0.270 e. The minimum absolute atomic E-state index is 0.0245. The Kier molecular flexibility index (Phi) is 6.04. The number of nitrogens with two attached hydrogens (primary N) is 2. The summed E-state index contributed by atoms with van der Waals surface area (Å²) in [7, 11) is 3.90. The summed E-state index contributed by atoms with van der Waals surface area (Å²) < 4.78 is 26.5. The van der Waals surface area contributed by atoms with Gasteiger partial charge in [0.15, 0.2) is 0 Å². The molecule has 0 aromatic heterocycles. The van der Waals surface area contributed by atoms with Gasteiger partial charge in [0, 0.05) is 12.5 Å². The van der Waals surface area contributed by atoms with E-state index in [1.54, 1.807) is 12.1 Å². The normalized spacial score (nSPS) is 13.9. The molecule has 21 heavy (non-hydrogen) atoms. The van der Waals surface area contributed by atoms with Crippen LogP contribution in [0.2, 0.25) is 0 Å². The fourth-order valence-corrected chi connectivity index (χ4v) is 1.99.